The van der Waals surface area contributed by atoms with Crippen LogP contribution in [0.4, 0.5) is 0 Å². The van der Waals surface area contributed by atoms with Crippen molar-refractivity contribution in [2.75, 3.05) is 0 Å². The van der Waals surface area contributed by atoms with Crippen LogP contribution in [0.5, 0.6) is 0 Å². The van der Waals surface area contributed by atoms with Crippen molar-refractivity contribution in [3.63, 3.8) is 0 Å². The minimum absolute atomic E-state index is 0.0382. The quantitative estimate of drug-likeness (QED) is 0.305. The molecule has 0 heterocycles. The SMILES string of the molecule is CCCCCCCCCCCCCCCCCC(C)(C)N. The summed E-state index contributed by atoms with van der Waals surface area (Å²) >= 11 is 0. The molecule has 0 atom stereocenters. The van der Waals surface area contributed by atoms with Gasteiger partial charge in [0.05, 0.1) is 0 Å². The van der Waals surface area contributed by atoms with Gasteiger partial charge < -0.3 is 5.73 Å². The van der Waals surface area contributed by atoms with Crippen molar-refractivity contribution in [3.8, 4) is 0 Å². The highest BCUT2D eigenvalue weighted by molar-refractivity contribution is 4.70. The maximum Gasteiger partial charge on any atom is 0.00970 e. The molecule has 0 saturated carbocycles. The van der Waals surface area contributed by atoms with Crippen molar-refractivity contribution in [3.05, 3.63) is 0 Å². The highest BCUT2D eigenvalue weighted by atomic mass is 14.7. The maximum absolute atomic E-state index is 5.99. The average molecular weight is 298 g/mol. The molecule has 0 rings (SSSR count). The van der Waals surface area contributed by atoms with Crippen LogP contribution in [-0.2, 0) is 0 Å². The van der Waals surface area contributed by atoms with E-state index in [2.05, 4.69) is 20.8 Å². The Kier molecular flexibility index (Phi) is 14.9. The van der Waals surface area contributed by atoms with E-state index >= 15 is 0 Å². The first-order chi connectivity index (χ1) is 10.1. The fraction of sp³-hybridized carbons (Fsp3) is 1.00. The van der Waals surface area contributed by atoms with Crippen molar-refractivity contribution in [1.29, 1.82) is 0 Å². The van der Waals surface area contributed by atoms with Crippen molar-refractivity contribution < 1.29 is 0 Å². The van der Waals surface area contributed by atoms with Gasteiger partial charge in [-0.05, 0) is 20.3 Å². The minimum Gasteiger partial charge on any atom is -0.326 e. The summed E-state index contributed by atoms with van der Waals surface area (Å²) in [6, 6.07) is 0. The molecule has 0 aromatic rings. The first-order valence-corrected chi connectivity index (χ1v) is 9.85. The highest BCUT2D eigenvalue weighted by Crippen LogP contribution is 2.15. The topological polar surface area (TPSA) is 26.0 Å². The molecule has 1 nitrogen and oxygen atoms in total. The Bertz CT molecular complexity index is 193. The summed E-state index contributed by atoms with van der Waals surface area (Å²) in [6.45, 7) is 6.56. The van der Waals surface area contributed by atoms with Crippen LogP contribution < -0.4 is 5.73 Å². The van der Waals surface area contributed by atoms with E-state index in [1.165, 1.54) is 103 Å². The predicted octanol–water partition coefficient (Wildman–Crippen LogP) is 6.99. The Hall–Kier alpha value is -0.0400. The molecule has 0 aromatic heterocycles. The van der Waals surface area contributed by atoms with Crippen LogP contribution in [0.1, 0.15) is 124 Å². The molecule has 0 aromatic carbocycles. The van der Waals surface area contributed by atoms with Crippen molar-refractivity contribution in [2.45, 2.75) is 129 Å². The molecule has 128 valence electrons. The zero-order valence-electron chi connectivity index (χ0n) is 15.4. The third kappa shape index (κ3) is 20.0. The van der Waals surface area contributed by atoms with Crippen molar-refractivity contribution in [1.82, 2.24) is 0 Å². The molecular formula is C20H43N. The predicted molar refractivity (Wildman–Crippen MR) is 97.8 cm³/mol. The van der Waals surface area contributed by atoms with Crippen LogP contribution in [0, 0.1) is 0 Å². The lowest BCUT2D eigenvalue weighted by Crippen LogP contribution is -2.31. The third-order valence-electron chi connectivity index (χ3n) is 4.42. The molecule has 2 N–H and O–H groups in total. The molecule has 0 aliphatic heterocycles. The molecule has 0 aliphatic rings. The van der Waals surface area contributed by atoms with E-state index in [-0.39, 0.29) is 5.54 Å². The zero-order valence-corrected chi connectivity index (χ0v) is 15.4. The lowest BCUT2D eigenvalue weighted by molar-refractivity contribution is 0.440. The number of unbranched alkanes of at least 4 members (excludes halogenated alkanes) is 14. The van der Waals surface area contributed by atoms with Gasteiger partial charge in [0.2, 0.25) is 0 Å². The number of hydrogen-bond acceptors (Lipinski definition) is 1. The normalized spacial score (nSPS) is 12.0. The molecule has 0 spiro atoms. The second-order valence-corrected chi connectivity index (χ2v) is 7.69. The van der Waals surface area contributed by atoms with Gasteiger partial charge in [-0.25, -0.2) is 0 Å². The second kappa shape index (κ2) is 14.9. The second-order valence-electron chi connectivity index (χ2n) is 7.69. The van der Waals surface area contributed by atoms with E-state index in [9.17, 15) is 0 Å². The van der Waals surface area contributed by atoms with Crippen LogP contribution in [0.15, 0.2) is 0 Å². The first kappa shape index (κ1) is 21.0. The average Bonchev–Trinajstić information content (AvgIpc) is 2.42. The molecule has 0 unspecified atom stereocenters. The van der Waals surface area contributed by atoms with Crippen LogP contribution in [0.25, 0.3) is 0 Å². The molecule has 0 bridgehead atoms. The molecule has 0 fully saturated rings. The summed E-state index contributed by atoms with van der Waals surface area (Å²) in [4.78, 5) is 0. The van der Waals surface area contributed by atoms with Gasteiger partial charge in [-0.1, -0.05) is 103 Å². The molecule has 0 radical (unpaired) electrons. The fourth-order valence-electron chi connectivity index (χ4n) is 2.95. The van der Waals surface area contributed by atoms with Gasteiger partial charge >= 0.3 is 0 Å². The van der Waals surface area contributed by atoms with E-state index in [1.54, 1.807) is 0 Å². The van der Waals surface area contributed by atoms with E-state index in [0.717, 1.165) is 0 Å². The Labute approximate surface area is 135 Å². The third-order valence-corrected chi connectivity index (χ3v) is 4.42. The van der Waals surface area contributed by atoms with Gasteiger partial charge in [-0.3, -0.25) is 0 Å². The summed E-state index contributed by atoms with van der Waals surface area (Å²) in [5.41, 5.74) is 6.03. The minimum atomic E-state index is 0.0382. The van der Waals surface area contributed by atoms with Gasteiger partial charge in [0.15, 0.2) is 0 Å². The smallest absolute Gasteiger partial charge is 0.00970 e. The van der Waals surface area contributed by atoms with E-state index in [1.807, 2.05) is 0 Å². The van der Waals surface area contributed by atoms with Crippen LogP contribution in [-0.4, -0.2) is 5.54 Å². The van der Waals surface area contributed by atoms with Gasteiger partial charge in [-0.15, -0.1) is 0 Å². The summed E-state index contributed by atoms with van der Waals surface area (Å²) in [5.74, 6) is 0. The zero-order chi connectivity index (χ0) is 15.8. The summed E-state index contributed by atoms with van der Waals surface area (Å²) in [6.07, 6.45) is 22.7. The number of rotatable bonds is 16. The molecule has 0 saturated heterocycles. The summed E-state index contributed by atoms with van der Waals surface area (Å²) < 4.78 is 0. The molecular weight excluding hydrogens is 254 g/mol. The van der Waals surface area contributed by atoms with E-state index in [0.29, 0.717) is 0 Å². The number of nitrogens with two attached hydrogens (primary N) is 1. The van der Waals surface area contributed by atoms with E-state index in [4.69, 9.17) is 5.73 Å². The Morgan fingerprint density at radius 2 is 0.810 bits per heavy atom. The first-order valence-electron chi connectivity index (χ1n) is 9.85. The molecule has 1 heteroatoms. The van der Waals surface area contributed by atoms with E-state index < -0.39 is 0 Å². The Morgan fingerprint density at radius 3 is 1.10 bits per heavy atom. The van der Waals surface area contributed by atoms with Gasteiger partial charge in [0.25, 0.3) is 0 Å². The lowest BCUT2D eigenvalue weighted by atomic mass is 9.97. The fourth-order valence-corrected chi connectivity index (χ4v) is 2.95. The van der Waals surface area contributed by atoms with Crippen molar-refractivity contribution >= 4 is 0 Å². The maximum atomic E-state index is 5.99. The standard InChI is InChI=1S/C20H43N/c1-4-5-6-7-8-9-10-11-12-13-14-15-16-17-18-19-20(2,3)21/h4-19,21H2,1-3H3. The summed E-state index contributed by atoms with van der Waals surface area (Å²) in [7, 11) is 0. The number of hydrogen-bond donors (Lipinski definition) is 1. The van der Waals surface area contributed by atoms with Gasteiger partial charge in [-0.2, -0.15) is 0 Å². The van der Waals surface area contributed by atoms with Crippen LogP contribution in [0.3, 0.4) is 0 Å². The van der Waals surface area contributed by atoms with Crippen LogP contribution >= 0.6 is 0 Å². The Morgan fingerprint density at radius 1 is 0.524 bits per heavy atom. The van der Waals surface area contributed by atoms with Gasteiger partial charge in [0.1, 0.15) is 0 Å². The monoisotopic (exact) mass is 297 g/mol. The summed E-state index contributed by atoms with van der Waals surface area (Å²) in [5, 5.41) is 0. The molecule has 21 heavy (non-hydrogen) atoms. The largest absolute Gasteiger partial charge is 0.326 e. The van der Waals surface area contributed by atoms with Gasteiger partial charge in [0, 0.05) is 5.54 Å². The molecule has 0 amide bonds. The molecule has 0 aliphatic carbocycles. The highest BCUT2D eigenvalue weighted by Gasteiger charge is 2.08. The lowest BCUT2D eigenvalue weighted by Gasteiger charge is -2.17. The van der Waals surface area contributed by atoms with Crippen molar-refractivity contribution in [2.24, 2.45) is 5.73 Å². The Balaban J connectivity index is 3.00. The van der Waals surface area contributed by atoms with Crippen LogP contribution in [0.2, 0.25) is 0 Å².